The first-order valence-corrected chi connectivity index (χ1v) is 7.51. The molecule has 2 aromatic rings. The van der Waals surface area contributed by atoms with E-state index in [0.29, 0.717) is 5.02 Å². The van der Waals surface area contributed by atoms with Crippen LogP contribution in [-0.4, -0.2) is 23.4 Å². The number of benzene rings is 1. The van der Waals surface area contributed by atoms with Crippen LogP contribution in [-0.2, 0) is 7.05 Å². The molecule has 0 fully saturated rings. The maximum atomic E-state index is 6.18. The van der Waals surface area contributed by atoms with Crippen molar-refractivity contribution in [2.24, 2.45) is 7.05 Å². The second kappa shape index (κ2) is 6.96. The quantitative estimate of drug-likeness (QED) is 0.888. The Morgan fingerprint density at radius 2 is 2.14 bits per heavy atom. The smallest absolute Gasteiger partial charge is 0.124 e. The molecule has 1 unspecified atom stereocenters. The molecule has 0 aliphatic carbocycles. The molecule has 0 amide bonds. The van der Waals surface area contributed by atoms with Gasteiger partial charge in [0.15, 0.2) is 0 Å². The van der Waals surface area contributed by atoms with Crippen molar-refractivity contribution in [3.8, 4) is 5.75 Å². The lowest BCUT2D eigenvalue weighted by atomic mass is 9.98. The molecule has 0 saturated carbocycles. The Hall–Kier alpha value is -1.52. The molecule has 0 bridgehead atoms. The average Bonchev–Trinajstić information content (AvgIpc) is 2.80. The number of aromatic nitrogens is 2. The molecule has 0 aliphatic heterocycles. The first-order valence-electron chi connectivity index (χ1n) is 7.13. The van der Waals surface area contributed by atoms with Crippen LogP contribution in [0.15, 0.2) is 24.4 Å². The number of aryl methyl sites for hydroxylation is 1. The van der Waals surface area contributed by atoms with Crippen LogP contribution in [0.1, 0.15) is 36.2 Å². The number of rotatable bonds is 6. The Bertz CT molecular complexity index is 610. The van der Waals surface area contributed by atoms with E-state index in [1.165, 1.54) is 0 Å². The standard InChI is InChI=1S/C16H22ClN3O/c1-5-8-18-16(14-10-19-20(3)11(14)2)13-9-12(17)6-7-15(13)21-4/h6-7,9-10,16,18H,5,8H2,1-4H3. The van der Waals surface area contributed by atoms with Crippen LogP contribution in [0.5, 0.6) is 5.75 Å². The number of hydrogen-bond donors (Lipinski definition) is 1. The number of methoxy groups -OCH3 is 1. The van der Waals surface area contributed by atoms with Crippen molar-refractivity contribution < 1.29 is 4.74 Å². The molecule has 0 aliphatic rings. The van der Waals surface area contributed by atoms with E-state index in [2.05, 4.69) is 24.3 Å². The highest BCUT2D eigenvalue weighted by molar-refractivity contribution is 6.30. The van der Waals surface area contributed by atoms with E-state index in [1.54, 1.807) is 7.11 Å². The van der Waals surface area contributed by atoms with Crippen LogP contribution < -0.4 is 10.1 Å². The molecule has 2 rings (SSSR count). The van der Waals surface area contributed by atoms with E-state index < -0.39 is 0 Å². The minimum atomic E-state index is 0.0206. The van der Waals surface area contributed by atoms with Crippen molar-refractivity contribution in [3.05, 3.63) is 46.2 Å². The highest BCUT2D eigenvalue weighted by Gasteiger charge is 2.21. The van der Waals surface area contributed by atoms with Gasteiger partial charge in [-0.15, -0.1) is 0 Å². The topological polar surface area (TPSA) is 39.1 Å². The molecule has 1 heterocycles. The third kappa shape index (κ3) is 3.39. The third-order valence-corrected chi connectivity index (χ3v) is 3.92. The summed E-state index contributed by atoms with van der Waals surface area (Å²) in [5, 5.41) is 8.62. The predicted octanol–water partition coefficient (Wildman–Crippen LogP) is 3.48. The zero-order valence-corrected chi connectivity index (χ0v) is 13.7. The van der Waals surface area contributed by atoms with Gasteiger partial charge in [0, 0.05) is 28.9 Å². The van der Waals surface area contributed by atoms with Crippen molar-refractivity contribution in [2.45, 2.75) is 26.3 Å². The fourth-order valence-electron chi connectivity index (χ4n) is 2.41. The molecule has 0 spiro atoms. The maximum absolute atomic E-state index is 6.18. The van der Waals surface area contributed by atoms with Gasteiger partial charge in [-0.2, -0.15) is 5.10 Å². The fraction of sp³-hybridized carbons (Fsp3) is 0.438. The molecule has 1 aromatic heterocycles. The van der Waals surface area contributed by atoms with Gasteiger partial charge >= 0.3 is 0 Å². The number of ether oxygens (including phenoxy) is 1. The van der Waals surface area contributed by atoms with Crippen LogP contribution in [0, 0.1) is 6.92 Å². The van der Waals surface area contributed by atoms with E-state index in [-0.39, 0.29) is 6.04 Å². The maximum Gasteiger partial charge on any atom is 0.124 e. The number of halogens is 1. The normalized spacial score (nSPS) is 12.4. The van der Waals surface area contributed by atoms with Crippen LogP contribution in [0.4, 0.5) is 0 Å². The van der Waals surface area contributed by atoms with E-state index in [4.69, 9.17) is 16.3 Å². The van der Waals surface area contributed by atoms with Gasteiger partial charge in [-0.3, -0.25) is 4.68 Å². The van der Waals surface area contributed by atoms with E-state index in [9.17, 15) is 0 Å². The van der Waals surface area contributed by atoms with E-state index >= 15 is 0 Å². The van der Waals surface area contributed by atoms with Gasteiger partial charge in [0.2, 0.25) is 0 Å². The predicted molar refractivity (Wildman–Crippen MR) is 86.1 cm³/mol. The van der Waals surface area contributed by atoms with Crippen molar-refractivity contribution >= 4 is 11.6 Å². The summed E-state index contributed by atoms with van der Waals surface area (Å²) in [6.07, 6.45) is 2.96. The summed E-state index contributed by atoms with van der Waals surface area (Å²) in [5.74, 6) is 0.830. The monoisotopic (exact) mass is 307 g/mol. The van der Waals surface area contributed by atoms with Crippen molar-refractivity contribution in [3.63, 3.8) is 0 Å². The lowest BCUT2D eigenvalue weighted by Gasteiger charge is -2.21. The molecule has 114 valence electrons. The second-order valence-corrected chi connectivity index (χ2v) is 5.52. The van der Waals surface area contributed by atoms with Gasteiger partial charge in [-0.25, -0.2) is 0 Å². The van der Waals surface area contributed by atoms with Crippen molar-refractivity contribution in [2.75, 3.05) is 13.7 Å². The zero-order valence-electron chi connectivity index (χ0n) is 13.0. The first-order chi connectivity index (χ1) is 10.1. The van der Waals surface area contributed by atoms with E-state index in [0.717, 1.165) is 35.5 Å². The Morgan fingerprint density at radius 3 is 2.71 bits per heavy atom. The highest BCUT2D eigenvalue weighted by Crippen LogP contribution is 2.33. The fourth-order valence-corrected chi connectivity index (χ4v) is 2.59. The van der Waals surface area contributed by atoms with Crippen LogP contribution >= 0.6 is 11.6 Å². The van der Waals surface area contributed by atoms with Gasteiger partial charge in [-0.05, 0) is 38.1 Å². The number of hydrogen-bond acceptors (Lipinski definition) is 3. The van der Waals surface area contributed by atoms with E-state index in [1.807, 2.05) is 36.1 Å². The average molecular weight is 308 g/mol. The molecular formula is C16H22ClN3O. The van der Waals surface area contributed by atoms with Crippen LogP contribution in [0.25, 0.3) is 0 Å². The summed E-state index contributed by atoms with van der Waals surface area (Å²) >= 11 is 6.18. The summed E-state index contributed by atoms with van der Waals surface area (Å²) in [6, 6.07) is 5.73. The van der Waals surface area contributed by atoms with Gasteiger partial charge in [-0.1, -0.05) is 18.5 Å². The lowest BCUT2D eigenvalue weighted by molar-refractivity contribution is 0.403. The SMILES string of the molecule is CCCNC(c1cc(Cl)ccc1OC)c1cnn(C)c1C. The molecule has 21 heavy (non-hydrogen) atoms. The molecular weight excluding hydrogens is 286 g/mol. The van der Waals surface area contributed by atoms with Crippen LogP contribution in [0.2, 0.25) is 5.02 Å². The number of nitrogens with zero attached hydrogens (tertiary/aromatic N) is 2. The minimum absolute atomic E-state index is 0.0206. The molecule has 1 N–H and O–H groups in total. The molecule has 0 saturated heterocycles. The molecule has 5 heteroatoms. The summed E-state index contributed by atoms with van der Waals surface area (Å²) < 4.78 is 7.39. The Balaban J connectivity index is 2.50. The summed E-state index contributed by atoms with van der Waals surface area (Å²) in [7, 11) is 3.63. The van der Waals surface area contributed by atoms with Crippen molar-refractivity contribution in [1.29, 1.82) is 0 Å². The minimum Gasteiger partial charge on any atom is -0.496 e. The van der Waals surface area contributed by atoms with Gasteiger partial charge in [0.1, 0.15) is 5.75 Å². The Morgan fingerprint density at radius 1 is 1.38 bits per heavy atom. The highest BCUT2D eigenvalue weighted by atomic mass is 35.5. The first kappa shape index (κ1) is 15.9. The molecule has 4 nitrogen and oxygen atoms in total. The lowest BCUT2D eigenvalue weighted by Crippen LogP contribution is -2.24. The molecule has 1 aromatic carbocycles. The molecule has 0 radical (unpaired) electrons. The van der Waals surface area contributed by atoms with Gasteiger partial charge in [0.05, 0.1) is 19.3 Å². The summed E-state index contributed by atoms with van der Waals surface area (Å²) in [5.41, 5.74) is 3.31. The zero-order chi connectivity index (χ0) is 15.4. The second-order valence-electron chi connectivity index (χ2n) is 5.08. The number of nitrogens with one attached hydrogen (secondary N) is 1. The van der Waals surface area contributed by atoms with Gasteiger partial charge in [0.25, 0.3) is 0 Å². The van der Waals surface area contributed by atoms with Crippen molar-refractivity contribution in [1.82, 2.24) is 15.1 Å². The summed E-state index contributed by atoms with van der Waals surface area (Å²) in [4.78, 5) is 0. The Labute approximate surface area is 131 Å². The Kier molecular flexibility index (Phi) is 5.26. The third-order valence-electron chi connectivity index (χ3n) is 3.69. The van der Waals surface area contributed by atoms with Gasteiger partial charge < -0.3 is 10.1 Å². The molecule has 1 atom stereocenters. The largest absolute Gasteiger partial charge is 0.496 e. The van der Waals surface area contributed by atoms with Crippen LogP contribution in [0.3, 0.4) is 0 Å². The summed E-state index contributed by atoms with van der Waals surface area (Å²) in [6.45, 7) is 5.13.